The summed E-state index contributed by atoms with van der Waals surface area (Å²) in [5, 5.41) is 2.53. The minimum absolute atomic E-state index is 0.0763. The predicted molar refractivity (Wildman–Crippen MR) is 88.3 cm³/mol. The van der Waals surface area contributed by atoms with Crippen LogP contribution in [0.3, 0.4) is 0 Å². The van der Waals surface area contributed by atoms with Gasteiger partial charge >= 0.3 is 0 Å². The maximum atomic E-state index is 6.11. The Bertz CT molecular complexity index is 737. The molecule has 0 aliphatic rings. The van der Waals surface area contributed by atoms with Crippen molar-refractivity contribution in [1.29, 1.82) is 0 Å². The lowest BCUT2D eigenvalue weighted by Crippen LogP contribution is -2.34. The van der Waals surface area contributed by atoms with Crippen LogP contribution in [-0.2, 0) is 11.8 Å². The summed E-state index contributed by atoms with van der Waals surface area (Å²) in [6.07, 6.45) is 4.63. The number of hydrogen-bond acceptors (Lipinski definition) is 2. The van der Waals surface area contributed by atoms with E-state index in [1.807, 2.05) is 12.3 Å². The second-order valence-corrected chi connectivity index (χ2v) is 5.86. The fourth-order valence-corrected chi connectivity index (χ4v) is 2.81. The van der Waals surface area contributed by atoms with Crippen molar-refractivity contribution in [3.63, 3.8) is 0 Å². The van der Waals surface area contributed by atoms with Crippen LogP contribution in [0.1, 0.15) is 18.1 Å². The topological polar surface area (TPSA) is 38.9 Å². The highest BCUT2D eigenvalue weighted by molar-refractivity contribution is 5.83. The van der Waals surface area contributed by atoms with E-state index in [1.165, 1.54) is 21.9 Å². The molecule has 0 saturated heterocycles. The maximum absolute atomic E-state index is 6.11. The smallest absolute Gasteiger partial charge is 0.0300 e. The molecule has 1 atom stereocenters. The zero-order valence-corrected chi connectivity index (χ0v) is 12.3. The second-order valence-electron chi connectivity index (χ2n) is 5.86. The van der Waals surface area contributed by atoms with Crippen molar-refractivity contribution in [2.75, 3.05) is 6.54 Å². The molecule has 0 unspecified atom stereocenters. The number of nitrogens with zero attached hydrogens (tertiary/aromatic N) is 1. The van der Waals surface area contributed by atoms with E-state index in [2.05, 4.69) is 60.4 Å². The second kappa shape index (κ2) is 5.66. The van der Waals surface area contributed by atoms with Crippen molar-refractivity contribution < 1.29 is 0 Å². The molecule has 0 spiro atoms. The summed E-state index contributed by atoms with van der Waals surface area (Å²) in [5.74, 6) is 0. The third-order valence-corrected chi connectivity index (χ3v) is 4.21. The van der Waals surface area contributed by atoms with E-state index in [0.717, 1.165) is 6.42 Å². The van der Waals surface area contributed by atoms with Gasteiger partial charge in [-0.15, -0.1) is 0 Å². The first-order valence-electron chi connectivity index (χ1n) is 7.29. The summed E-state index contributed by atoms with van der Waals surface area (Å²) in [4.78, 5) is 4.21. The van der Waals surface area contributed by atoms with Crippen LogP contribution in [0.2, 0.25) is 0 Å². The number of rotatable bonds is 4. The van der Waals surface area contributed by atoms with Gasteiger partial charge in [-0.1, -0.05) is 55.5 Å². The van der Waals surface area contributed by atoms with Gasteiger partial charge in [-0.3, -0.25) is 4.98 Å². The van der Waals surface area contributed by atoms with Crippen molar-refractivity contribution in [3.8, 4) is 0 Å². The lowest BCUT2D eigenvalue weighted by Gasteiger charge is -2.29. The van der Waals surface area contributed by atoms with Crippen molar-refractivity contribution in [2.24, 2.45) is 5.73 Å². The first-order valence-corrected chi connectivity index (χ1v) is 7.29. The van der Waals surface area contributed by atoms with Gasteiger partial charge in [0.15, 0.2) is 0 Å². The number of aromatic nitrogens is 1. The van der Waals surface area contributed by atoms with Crippen molar-refractivity contribution >= 4 is 10.8 Å². The molecule has 2 heteroatoms. The van der Waals surface area contributed by atoms with E-state index in [0.29, 0.717) is 6.54 Å². The average Bonchev–Trinajstić information content (AvgIpc) is 2.55. The molecule has 2 N–H and O–H groups in total. The van der Waals surface area contributed by atoms with Gasteiger partial charge in [-0.25, -0.2) is 0 Å². The predicted octanol–water partition coefficient (Wildman–Crippen LogP) is 3.69. The van der Waals surface area contributed by atoms with Gasteiger partial charge in [-0.2, -0.15) is 0 Å². The molecule has 2 aromatic carbocycles. The summed E-state index contributed by atoms with van der Waals surface area (Å²) in [6, 6.07) is 19.2. The number of fused-ring (bicyclic) bond motifs is 1. The fourth-order valence-electron chi connectivity index (χ4n) is 2.81. The molecule has 0 radical (unpaired) electrons. The molecule has 0 amide bonds. The first-order chi connectivity index (χ1) is 10.2. The molecular weight excluding hydrogens is 256 g/mol. The van der Waals surface area contributed by atoms with E-state index in [-0.39, 0.29) is 5.41 Å². The molecule has 1 heterocycles. The van der Waals surface area contributed by atoms with E-state index >= 15 is 0 Å². The summed E-state index contributed by atoms with van der Waals surface area (Å²) >= 11 is 0. The van der Waals surface area contributed by atoms with Crippen LogP contribution in [0.4, 0.5) is 0 Å². The van der Waals surface area contributed by atoms with Gasteiger partial charge in [-0.05, 0) is 34.4 Å². The molecule has 0 aliphatic heterocycles. The highest BCUT2D eigenvalue weighted by Gasteiger charge is 2.25. The maximum Gasteiger partial charge on any atom is 0.0300 e. The molecule has 3 aromatic rings. The van der Waals surface area contributed by atoms with Gasteiger partial charge in [0, 0.05) is 24.4 Å². The Morgan fingerprint density at radius 1 is 1.00 bits per heavy atom. The molecule has 0 aliphatic carbocycles. The summed E-state index contributed by atoms with van der Waals surface area (Å²) < 4.78 is 0. The number of pyridine rings is 1. The highest BCUT2D eigenvalue weighted by atomic mass is 14.6. The van der Waals surface area contributed by atoms with Gasteiger partial charge in [0.2, 0.25) is 0 Å². The van der Waals surface area contributed by atoms with Gasteiger partial charge < -0.3 is 5.73 Å². The van der Waals surface area contributed by atoms with Crippen molar-refractivity contribution in [1.82, 2.24) is 4.98 Å². The Labute approximate surface area is 125 Å². The molecule has 1 aromatic heterocycles. The van der Waals surface area contributed by atoms with E-state index in [9.17, 15) is 0 Å². The van der Waals surface area contributed by atoms with Gasteiger partial charge in [0.1, 0.15) is 0 Å². The Morgan fingerprint density at radius 2 is 1.81 bits per heavy atom. The first kappa shape index (κ1) is 13.8. The molecule has 0 fully saturated rings. The summed E-state index contributed by atoms with van der Waals surface area (Å²) in [5.41, 5.74) is 8.54. The van der Waals surface area contributed by atoms with Crippen LogP contribution in [0, 0.1) is 0 Å². The van der Waals surface area contributed by atoms with Crippen LogP contribution in [0.15, 0.2) is 67.0 Å². The molecular formula is C19H20N2. The normalized spacial score (nSPS) is 14.0. The highest BCUT2D eigenvalue weighted by Crippen LogP contribution is 2.29. The molecule has 21 heavy (non-hydrogen) atoms. The summed E-state index contributed by atoms with van der Waals surface area (Å²) in [7, 11) is 0. The standard InChI is InChI=1S/C19H20N2/c1-19(14-20,12-15-5-4-10-21-13-15)18-9-8-16-6-2-3-7-17(16)11-18/h2-11,13H,12,14,20H2,1H3/t19-/m1/s1. The molecule has 106 valence electrons. The van der Waals surface area contributed by atoms with E-state index < -0.39 is 0 Å². The number of nitrogens with two attached hydrogens (primary N) is 1. The molecule has 2 nitrogen and oxygen atoms in total. The third kappa shape index (κ3) is 2.81. The van der Waals surface area contributed by atoms with Crippen LogP contribution < -0.4 is 5.73 Å². The van der Waals surface area contributed by atoms with E-state index in [4.69, 9.17) is 5.73 Å². The van der Waals surface area contributed by atoms with Crippen molar-refractivity contribution in [3.05, 3.63) is 78.1 Å². The number of hydrogen-bond donors (Lipinski definition) is 1. The Hall–Kier alpha value is -2.19. The monoisotopic (exact) mass is 276 g/mol. The SMILES string of the molecule is C[C@](CN)(Cc1cccnc1)c1ccc2ccccc2c1. The number of benzene rings is 2. The lowest BCUT2D eigenvalue weighted by atomic mass is 9.77. The largest absolute Gasteiger partial charge is 0.330 e. The minimum Gasteiger partial charge on any atom is -0.330 e. The quantitative estimate of drug-likeness (QED) is 0.789. The Kier molecular flexibility index (Phi) is 3.72. The third-order valence-electron chi connectivity index (χ3n) is 4.21. The van der Waals surface area contributed by atoms with E-state index in [1.54, 1.807) is 6.20 Å². The fraction of sp³-hybridized carbons (Fsp3) is 0.211. The van der Waals surface area contributed by atoms with Gasteiger partial charge in [0.05, 0.1) is 0 Å². The van der Waals surface area contributed by atoms with Gasteiger partial charge in [0.25, 0.3) is 0 Å². The van der Waals surface area contributed by atoms with Crippen LogP contribution in [0.25, 0.3) is 10.8 Å². The van der Waals surface area contributed by atoms with Crippen molar-refractivity contribution in [2.45, 2.75) is 18.8 Å². The summed E-state index contributed by atoms with van der Waals surface area (Å²) in [6.45, 7) is 2.84. The zero-order valence-electron chi connectivity index (χ0n) is 12.3. The van der Waals surface area contributed by atoms with Crippen LogP contribution >= 0.6 is 0 Å². The minimum atomic E-state index is -0.0763. The molecule has 0 saturated carbocycles. The molecule has 0 bridgehead atoms. The zero-order chi connectivity index (χ0) is 14.7. The average molecular weight is 276 g/mol. The van der Waals surface area contributed by atoms with Crippen LogP contribution in [-0.4, -0.2) is 11.5 Å². The Morgan fingerprint density at radius 3 is 2.52 bits per heavy atom. The van der Waals surface area contributed by atoms with Crippen LogP contribution in [0.5, 0.6) is 0 Å². The lowest BCUT2D eigenvalue weighted by molar-refractivity contribution is 0.481. The Balaban J connectivity index is 2.00. The molecule has 3 rings (SSSR count).